The molecule has 6 heteroatoms. The van der Waals surface area contributed by atoms with E-state index in [4.69, 9.17) is 9.47 Å². The van der Waals surface area contributed by atoms with Gasteiger partial charge in [0.05, 0.1) is 13.2 Å². The number of rotatable bonds is 5. The number of sulfonamides is 1. The third kappa shape index (κ3) is 4.25. The molecule has 0 radical (unpaired) electrons. The molecule has 0 bridgehead atoms. The Balaban J connectivity index is 2.15. The largest absolute Gasteiger partial charge is 0.495 e. The van der Waals surface area contributed by atoms with Gasteiger partial charge in [-0.25, -0.2) is 13.1 Å². The first-order valence-electron chi connectivity index (χ1n) is 7.91. The third-order valence-corrected chi connectivity index (χ3v) is 5.66. The van der Waals surface area contributed by atoms with Crippen LogP contribution in [0.1, 0.15) is 32.8 Å². The summed E-state index contributed by atoms with van der Waals surface area (Å²) >= 11 is 0. The lowest BCUT2D eigenvalue weighted by atomic mass is 9.81. The van der Waals surface area contributed by atoms with Gasteiger partial charge in [-0.2, -0.15) is 0 Å². The highest BCUT2D eigenvalue weighted by Gasteiger charge is 2.37. The van der Waals surface area contributed by atoms with Crippen LogP contribution in [-0.4, -0.2) is 34.8 Å². The van der Waals surface area contributed by atoms with E-state index in [0.29, 0.717) is 18.9 Å². The van der Waals surface area contributed by atoms with Crippen molar-refractivity contribution >= 4 is 10.0 Å². The van der Waals surface area contributed by atoms with Crippen LogP contribution in [0.2, 0.25) is 0 Å². The number of aryl methyl sites for hydroxylation is 1. The van der Waals surface area contributed by atoms with E-state index in [1.807, 2.05) is 13.0 Å². The summed E-state index contributed by atoms with van der Waals surface area (Å²) in [5, 5.41) is 0. The van der Waals surface area contributed by atoms with E-state index in [1.165, 1.54) is 7.11 Å². The second-order valence-electron chi connectivity index (χ2n) is 7.21. The van der Waals surface area contributed by atoms with Crippen molar-refractivity contribution in [2.45, 2.75) is 45.1 Å². The third-order valence-electron chi connectivity index (χ3n) is 4.21. The fourth-order valence-corrected chi connectivity index (χ4v) is 4.43. The van der Waals surface area contributed by atoms with E-state index >= 15 is 0 Å². The van der Waals surface area contributed by atoms with Crippen molar-refractivity contribution in [3.63, 3.8) is 0 Å². The molecule has 5 nitrogen and oxygen atoms in total. The number of hydrogen-bond donors (Lipinski definition) is 1. The Hall–Kier alpha value is -1.11. The Morgan fingerprint density at radius 1 is 1.35 bits per heavy atom. The molecule has 0 aliphatic carbocycles. The summed E-state index contributed by atoms with van der Waals surface area (Å²) in [7, 11) is -2.14. The standard InChI is InChI=1S/C17H27NO4S/c1-12-6-7-14(21-5)15(10-12)23(19,20)18-11-13-8-9-22-16(13)17(2,3)4/h6-7,10,13,16,18H,8-9,11H2,1-5H3/t13-,16+/m1/s1. The topological polar surface area (TPSA) is 64.6 Å². The molecule has 1 aliphatic rings. The van der Waals surface area contributed by atoms with E-state index in [2.05, 4.69) is 25.5 Å². The van der Waals surface area contributed by atoms with Crippen LogP contribution in [-0.2, 0) is 14.8 Å². The van der Waals surface area contributed by atoms with Gasteiger partial charge in [0.1, 0.15) is 10.6 Å². The molecule has 0 spiro atoms. The zero-order valence-corrected chi connectivity index (χ0v) is 15.4. The molecular weight excluding hydrogens is 314 g/mol. The zero-order valence-electron chi connectivity index (χ0n) is 14.5. The first-order chi connectivity index (χ1) is 10.6. The van der Waals surface area contributed by atoms with Crippen molar-refractivity contribution in [2.75, 3.05) is 20.3 Å². The number of ether oxygens (including phenoxy) is 2. The lowest BCUT2D eigenvalue weighted by molar-refractivity contribution is 0.00819. The van der Waals surface area contributed by atoms with Crippen LogP contribution in [0, 0.1) is 18.3 Å². The molecule has 1 aliphatic heterocycles. The summed E-state index contributed by atoms with van der Waals surface area (Å²) in [4.78, 5) is 0.186. The molecule has 130 valence electrons. The van der Waals surface area contributed by atoms with Gasteiger partial charge in [-0.1, -0.05) is 26.8 Å². The maximum absolute atomic E-state index is 12.6. The number of nitrogens with one attached hydrogen (secondary N) is 1. The molecular formula is C17H27NO4S. The summed E-state index contributed by atoms with van der Waals surface area (Å²) in [5.74, 6) is 0.540. The minimum Gasteiger partial charge on any atom is -0.495 e. The molecule has 2 rings (SSSR count). The monoisotopic (exact) mass is 341 g/mol. The number of hydrogen-bond acceptors (Lipinski definition) is 4. The molecule has 1 heterocycles. The first-order valence-corrected chi connectivity index (χ1v) is 9.39. The summed E-state index contributed by atoms with van der Waals surface area (Å²) in [5.41, 5.74) is 0.871. The van der Waals surface area contributed by atoms with Crippen LogP contribution in [0.3, 0.4) is 0 Å². The highest BCUT2D eigenvalue weighted by molar-refractivity contribution is 7.89. The Morgan fingerprint density at radius 2 is 2.04 bits per heavy atom. The van der Waals surface area contributed by atoms with E-state index < -0.39 is 10.0 Å². The molecule has 1 aromatic carbocycles. The smallest absolute Gasteiger partial charge is 0.244 e. The molecule has 1 N–H and O–H groups in total. The van der Waals surface area contributed by atoms with Gasteiger partial charge in [-0.15, -0.1) is 0 Å². The summed E-state index contributed by atoms with van der Waals surface area (Å²) in [6.45, 7) is 9.28. The van der Waals surface area contributed by atoms with Gasteiger partial charge in [-0.05, 0) is 36.5 Å². The van der Waals surface area contributed by atoms with Crippen molar-refractivity contribution < 1.29 is 17.9 Å². The minimum absolute atomic E-state index is 0.00632. The molecule has 2 atom stereocenters. The molecule has 0 amide bonds. The number of benzene rings is 1. The van der Waals surface area contributed by atoms with E-state index in [1.54, 1.807) is 12.1 Å². The highest BCUT2D eigenvalue weighted by Crippen LogP contribution is 2.34. The van der Waals surface area contributed by atoms with E-state index in [-0.39, 0.29) is 22.3 Å². The molecule has 0 saturated carbocycles. The van der Waals surface area contributed by atoms with E-state index in [9.17, 15) is 8.42 Å². The van der Waals surface area contributed by atoms with Crippen LogP contribution in [0.5, 0.6) is 5.75 Å². The Morgan fingerprint density at radius 3 is 2.65 bits per heavy atom. The van der Waals surface area contributed by atoms with Gasteiger partial charge in [-0.3, -0.25) is 0 Å². The molecule has 1 saturated heterocycles. The van der Waals surface area contributed by atoms with E-state index in [0.717, 1.165) is 12.0 Å². The average Bonchev–Trinajstić information content (AvgIpc) is 2.94. The highest BCUT2D eigenvalue weighted by atomic mass is 32.2. The van der Waals surface area contributed by atoms with Crippen LogP contribution in [0.25, 0.3) is 0 Å². The molecule has 1 aromatic rings. The summed E-state index contributed by atoms with van der Waals surface area (Å²) < 4.78 is 39.0. The van der Waals surface area contributed by atoms with Gasteiger partial charge < -0.3 is 9.47 Å². The number of methoxy groups -OCH3 is 1. The van der Waals surface area contributed by atoms with Gasteiger partial charge in [0, 0.05) is 19.1 Å². The van der Waals surface area contributed by atoms with Crippen molar-refractivity contribution in [1.82, 2.24) is 4.72 Å². The van der Waals surface area contributed by atoms with Gasteiger partial charge in [0.2, 0.25) is 10.0 Å². The maximum atomic E-state index is 12.6. The Labute approximate surface area is 139 Å². The predicted molar refractivity (Wildman–Crippen MR) is 90.2 cm³/mol. The molecule has 0 unspecified atom stereocenters. The Bertz CT molecular complexity index is 649. The predicted octanol–water partition coefficient (Wildman–Crippen LogP) is 2.73. The second kappa shape index (κ2) is 6.79. The lowest BCUT2D eigenvalue weighted by Crippen LogP contribution is -2.38. The quantitative estimate of drug-likeness (QED) is 0.894. The summed E-state index contributed by atoms with van der Waals surface area (Å²) in [6.07, 6.45) is 0.930. The maximum Gasteiger partial charge on any atom is 0.244 e. The van der Waals surface area contributed by atoms with Crippen LogP contribution >= 0.6 is 0 Å². The molecule has 1 fully saturated rings. The normalized spacial score (nSPS) is 22.3. The van der Waals surface area contributed by atoms with Crippen LogP contribution in [0.4, 0.5) is 0 Å². The fourth-order valence-electron chi connectivity index (χ4n) is 3.09. The van der Waals surface area contributed by atoms with Gasteiger partial charge in [0.15, 0.2) is 0 Å². The van der Waals surface area contributed by atoms with Gasteiger partial charge in [0.25, 0.3) is 0 Å². The van der Waals surface area contributed by atoms with Crippen molar-refractivity contribution in [2.24, 2.45) is 11.3 Å². The SMILES string of the molecule is COc1ccc(C)cc1S(=O)(=O)NC[C@H]1CCO[C@@H]1C(C)(C)C. The Kier molecular flexibility index (Phi) is 5.38. The molecule has 0 aromatic heterocycles. The zero-order chi connectivity index (χ0) is 17.3. The van der Waals surface area contributed by atoms with Crippen molar-refractivity contribution in [1.29, 1.82) is 0 Å². The van der Waals surface area contributed by atoms with Gasteiger partial charge >= 0.3 is 0 Å². The second-order valence-corrected chi connectivity index (χ2v) is 8.95. The summed E-state index contributed by atoms with van der Waals surface area (Å²) in [6, 6.07) is 5.15. The average molecular weight is 341 g/mol. The van der Waals surface area contributed by atoms with Crippen molar-refractivity contribution in [3.05, 3.63) is 23.8 Å². The molecule has 23 heavy (non-hydrogen) atoms. The minimum atomic E-state index is -3.61. The first kappa shape index (κ1) is 18.2. The van der Waals surface area contributed by atoms with Crippen LogP contribution < -0.4 is 9.46 Å². The lowest BCUT2D eigenvalue weighted by Gasteiger charge is -2.31. The fraction of sp³-hybridized carbons (Fsp3) is 0.647. The van der Waals surface area contributed by atoms with Crippen molar-refractivity contribution in [3.8, 4) is 5.75 Å². The van der Waals surface area contributed by atoms with Crippen LogP contribution in [0.15, 0.2) is 23.1 Å².